The van der Waals surface area contributed by atoms with Crippen LogP contribution < -0.4 is 11.1 Å². The van der Waals surface area contributed by atoms with Crippen molar-refractivity contribution in [3.05, 3.63) is 62.0 Å². The summed E-state index contributed by atoms with van der Waals surface area (Å²) in [6.07, 6.45) is 0. The summed E-state index contributed by atoms with van der Waals surface area (Å²) in [5, 5.41) is 4.05. The van der Waals surface area contributed by atoms with Crippen molar-refractivity contribution in [1.29, 1.82) is 0 Å². The average molecular weight is 368 g/mol. The number of rotatable bonds is 3. The Balaban J connectivity index is 1.88. The minimum absolute atomic E-state index is 0.0293. The third-order valence-electron chi connectivity index (χ3n) is 3.23. The smallest absolute Gasteiger partial charge is 0.408 e. The first kappa shape index (κ1) is 14.2. The van der Waals surface area contributed by atoms with Crippen molar-refractivity contribution in [2.24, 2.45) is 0 Å². The predicted octanol–water partition coefficient (Wildman–Crippen LogP) is 4.71. The van der Waals surface area contributed by atoms with Gasteiger partial charge in [-0.3, -0.25) is 4.98 Å². The van der Waals surface area contributed by atoms with Gasteiger partial charge in [0, 0.05) is 21.2 Å². The second-order valence-electron chi connectivity index (χ2n) is 4.76. The Hall–Kier alpha value is -1.72. The van der Waals surface area contributed by atoms with Crippen molar-refractivity contribution < 1.29 is 4.42 Å². The van der Waals surface area contributed by atoms with Gasteiger partial charge in [0.15, 0.2) is 5.58 Å². The van der Waals surface area contributed by atoms with E-state index in [1.807, 2.05) is 37.3 Å². The molecule has 0 spiro atoms. The fourth-order valence-electron chi connectivity index (χ4n) is 2.22. The van der Waals surface area contributed by atoms with Gasteiger partial charge in [-0.05, 0) is 42.8 Å². The van der Waals surface area contributed by atoms with E-state index in [4.69, 9.17) is 16.0 Å². The summed E-state index contributed by atoms with van der Waals surface area (Å²) in [6.45, 7) is 2.03. The number of oxazole rings is 1. The van der Waals surface area contributed by atoms with Gasteiger partial charge in [0.05, 0.1) is 5.52 Å². The number of fused-ring (bicyclic) bond motifs is 1. The Bertz CT molecular complexity index is 856. The normalized spacial score (nSPS) is 12.5. The number of aromatic nitrogens is 1. The molecule has 0 aliphatic rings. The minimum atomic E-state index is -0.453. The largest absolute Gasteiger partial charge is 0.417 e. The number of anilines is 1. The first-order valence-electron chi connectivity index (χ1n) is 6.37. The summed E-state index contributed by atoms with van der Waals surface area (Å²) >= 11 is 9.65. The van der Waals surface area contributed by atoms with E-state index >= 15 is 0 Å². The molecule has 1 heterocycles. The highest BCUT2D eigenvalue weighted by Crippen LogP contribution is 2.29. The molecule has 1 atom stereocenters. The van der Waals surface area contributed by atoms with Crippen LogP contribution in [0.3, 0.4) is 0 Å². The van der Waals surface area contributed by atoms with Gasteiger partial charge in [0.25, 0.3) is 0 Å². The SMILES string of the molecule is CC(Nc1ccc2oc(=O)[nH]c2c1)c1ccc(Br)cc1Cl. The van der Waals surface area contributed by atoms with Crippen LogP contribution in [-0.2, 0) is 0 Å². The first-order chi connectivity index (χ1) is 10.0. The molecule has 0 bridgehead atoms. The van der Waals surface area contributed by atoms with E-state index in [0.29, 0.717) is 16.1 Å². The molecule has 21 heavy (non-hydrogen) atoms. The molecule has 0 saturated heterocycles. The highest BCUT2D eigenvalue weighted by molar-refractivity contribution is 9.10. The molecule has 3 rings (SSSR count). The van der Waals surface area contributed by atoms with E-state index in [1.165, 1.54) is 0 Å². The Morgan fingerprint density at radius 2 is 2.10 bits per heavy atom. The zero-order valence-electron chi connectivity index (χ0n) is 11.1. The molecular formula is C15H12BrClN2O2. The number of H-pyrrole nitrogens is 1. The summed E-state index contributed by atoms with van der Waals surface area (Å²) in [6, 6.07) is 11.3. The Morgan fingerprint density at radius 3 is 2.86 bits per heavy atom. The fraction of sp³-hybridized carbons (Fsp3) is 0.133. The van der Waals surface area contributed by atoms with Gasteiger partial charge >= 0.3 is 5.76 Å². The van der Waals surface area contributed by atoms with Gasteiger partial charge in [-0.25, -0.2) is 4.79 Å². The van der Waals surface area contributed by atoms with Crippen LogP contribution >= 0.6 is 27.5 Å². The topological polar surface area (TPSA) is 58.0 Å². The van der Waals surface area contributed by atoms with Gasteiger partial charge in [-0.1, -0.05) is 33.6 Å². The molecule has 0 aliphatic carbocycles. The molecule has 2 aromatic carbocycles. The molecule has 0 amide bonds. The molecule has 4 nitrogen and oxygen atoms in total. The van der Waals surface area contributed by atoms with E-state index in [1.54, 1.807) is 6.07 Å². The molecule has 0 fully saturated rings. The number of hydrogen-bond acceptors (Lipinski definition) is 3. The van der Waals surface area contributed by atoms with Crippen molar-refractivity contribution in [3.63, 3.8) is 0 Å². The van der Waals surface area contributed by atoms with Crippen molar-refractivity contribution in [1.82, 2.24) is 4.98 Å². The second kappa shape index (κ2) is 5.58. The van der Waals surface area contributed by atoms with Gasteiger partial charge < -0.3 is 9.73 Å². The van der Waals surface area contributed by atoms with Gasteiger partial charge in [0.2, 0.25) is 0 Å². The monoisotopic (exact) mass is 366 g/mol. The number of nitrogens with one attached hydrogen (secondary N) is 2. The van der Waals surface area contributed by atoms with Crippen molar-refractivity contribution in [3.8, 4) is 0 Å². The Kier molecular flexibility index (Phi) is 3.78. The number of hydrogen-bond donors (Lipinski definition) is 2. The Morgan fingerprint density at radius 1 is 1.29 bits per heavy atom. The second-order valence-corrected chi connectivity index (χ2v) is 6.08. The van der Waals surface area contributed by atoms with Crippen LogP contribution in [0.15, 0.2) is 50.1 Å². The van der Waals surface area contributed by atoms with Crippen molar-refractivity contribution in [2.45, 2.75) is 13.0 Å². The average Bonchev–Trinajstić information content (AvgIpc) is 2.77. The van der Waals surface area contributed by atoms with E-state index in [-0.39, 0.29) is 6.04 Å². The van der Waals surface area contributed by atoms with Gasteiger partial charge in [-0.2, -0.15) is 0 Å². The van der Waals surface area contributed by atoms with Crippen molar-refractivity contribution >= 4 is 44.3 Å². The molecule has 6 heteroatoms. The molecule has 0 aliphatic heterocycles. The van der Waals surface area contributed by atoms with Crippen LogP contribution in [0, 0.1) is 0 Å². The van der Waals surface area contributed by atoms with E-state index in [0.717, 1.165) is 15.7 Å². The van der Waals surface area contributed by atoms with Crippen molar-refractivity contribution in [2.75, 3.05) is 5.32 Å². The number of halogens is 2. The molecule has 0 radical (unpaired) electrons. The maximum Gasteiger partial charge on any atom is 0.417 e. The summed E-state index contributed by atoms with van der Waals surface area (Å²) < 4.78 is 5.92. The zero-order valence-corrected chi connectivity index (χ0v) is 13.5. The maximum atomic E-state index is 11.2. The summed E-state index contributed by atoms with van der Waals surface area (Å²) in [7, 11) is 0. The van der Waals surface area contributed by atoms with Crippen LogP contribution in [0.1, 0.15) is 18.5 Å². The van der Waals surface area contributed by atoms with E-state index < -0.39 is 5.76 Å². The molecule has 1 aromatic heterocycles. The molecular weight excluding hydrogens is 356 g/mol. The lowest BCUT2D eigenvalue weighted by atomic mass is 10.1. The summed E-state index contributed by atoms with van der Waals surface area (Å²) in [5.41, 5.74) is 3.09. The molecule has 2 N–H and O–H groups in total. The zero-order chi connectivity index (χ0) is 15.0. The van der Waals surface area contributed by atoms with Crippen LogP contribution in [0.5, 0.6) is 0 Å². The highest BCUT2D eigenvalue weighted by atomic mass is 79.9. The highest BCUT2D eigenvalue weighted by Gasteiger charge is 2.11. The number of benzene rings is 2. The number of aromatic amines is 1. The third kappa shape index (κ3) is 2.99. The van der Waals surface area contributed by atoms with Crippen LogP contribution in [-0.4, -0.2) is 4.98 Å². The van der Waals surface area contributed by atoms with Gasteiger partial charge in [0.1, 0.15) is 0 Å². The molecule has 1 unspecified atom stereocenters. The first-order valence-corrected chi connectivity index (χ1v) is 7.54. The maximum absolute atomic E-state index is 11.2. The molecule has 3 aromatic rings. The molecule has 108 valence electrons. The third-order valence-corrected chi connectivity index (χ3v) is 4.05. The van der Waals surface area contributed by atoms with Crippen LogP contribution in [0.25, 0.3) is 11.1 Å². The predicted molar refractivity (Wildman–Crippen MR) is 88.0 cm³/mol. The molecule has 0 saturated carbocycles. The standard InChI is InChI=1S/C15H12BrClN2O2/c1-8(11-4-2-9(16)6-12(11)17)18-10-3-5-14-13(7-10)19-15(20)21-14/h2-8,18H,1H3,(H,19,20). The summed E-state index contributed by atoms with van der Waals surface area (Å²) in [5.74, 6) is -0.453. The summed E-state index contributed by atoms with van der Waals surface area (Å²) in [4.78, 5) is 13.8. The van der Waals surface area contributed by atoms with E-state index in [2.05, 4.69) is 26.2 Å². The minimum Gasteiger partial charge on any atom is -0.408 e. The fourth-order valence-corrected chi connectivity index (χ4v) is 3.06. The quantitative estimate of drug-likeness (QED) is 0.705. The van der Waals surface area contributed by atoms with Gasteiger partial charge in [-0.15, -0.1) is 0 Å². The lowest BCUT2D eigenvalue weighted by molar-refractivity contribution is 0.555. The van der Waals surface area contributed by atoms with Crippen LogP contribution in [0.4, 0.5) is 5.69 Å². The van der Waals surface area contributed by atoms with Crippen LogP contribution in [0.2, 0.25) is 5.02 Å². The lowest BCUT2D eigenvalue weighted by Gasteiger charge is -2.17. The van der Waals surface area contributed by atoms with E-state index in [9.17, 15) is 4.79 Å². The lowest BCUT2D eigenvalue weighted by Crippen LogP contribution is -2.07. The Labute approximate surface area is 134 Å².